The first-order chi connectivity index (χ1) is 12.1. The quantitative estimate of drug-likeness (QED) is 0.533. The molecule has 1 N–H and O–H groups in total. The van der Waals surface area contributed by atoms with Gasteiger partial charge in [-0.05, 0) is 30.9 Å². The lowest BCUT2D eigenvalue weighted by molar-refractivity contribution is -0.120. The number of nitrogens with zero attached hydrogens (tertiary/aromatic N) is 2. The maximum absolute atomic E-state index is 12.9. The molecule has 25 heavy (non-hydrogen) atoms. The Bertz CT molecular complexity index is 934. The number of thiophene rings is 1. The minimum atomic E-state index is -0.329. The van der Waals surface area contributed by atoms with Gasteiger partial charge in [-0.15, -0.1) is 11.3 Å². The number of benzene rings is 1. The Hall–Kier alpha value is -2.12. The van der Waals surface area contributed by atoms with Crippen LogP contribution in [0.25, 0.3) is 10.2 Å². The molecule has 0 aliphatic heterocycles. The van der Waals surface area contributed by atoms with Crippen molar-refractivity contribution in [1.82, 2.24) is 14.9 Å². The lowest BCUT2D eigenvalue weighted by Crippen LogP contribution is -2.31. The summed E-state index contributed by atoms with van der Waals surface area (Å²) in [4.78, 5) is 29.6. The predicted molar refractivity (Wildman–Crippen MR) is 103 cm³/mol. The minimum Gasteiger partial charge on any atom is -0.355 e. The molecule has 2 heterocycles. The van der Waals surface area contributed by atoms with Crippen molar-refractivity contribution < 1.29 is 4.79 Å². The summed E-state index contributed by atoms with van der Waals surface area (Å²) in [6.07, 6.45) is 0. The van der Waals surface area contributed by atoms with Gasteiger partial charge in [0.2, 0.25) is 5.91 Å². The number of thioether (sulfide) groups is 1. The molecule has 3 aromatic rings. The van der Waals surface area contributed by atoms with Crippen LogP contribution in [0.3, 0.4) is 0 Å². The molecule has 1 atom stereocenters. The lowest BCUT2D eigenvalue weighted by Gasteiger charge is -2.15. The summed E-state index contributed by atoms with van der Waals surface area (Å²) in [5, 5.41) is 4.92. The first-order valence-corrected chi connectivity index (χ1v) is 9.82. The van der Waals surface area contributed by atoms with Gasteiger partial charge in [-0.25, -0.2) is 4.98 Å². The second-order valence-electron chi connectivity index (χ2n) is 5.56. The number of rotatable bonds is 6. The molecule has 0 aliphatic carbocycles. The van der Waals surface area contributed by atoms with Crippen LogP contribution >= 0.6 is 23.1 Å². The number of fused-ring (bicyclic) bond motifs is 1. The van der Waals surface area contributed by atoms with E-state index in [1.165, 1.54) is 23.1 Å². The molecular weight excluding hydrogens is 354 g/mol. The van der Waals surface area contributed by atoms with Crippen LogP contribution in [-0.4, -0.2) is 27.3 Å². The first kappa shape index (κ1) is 17.7. The molecule has 1 unspecified atom stereocenters. The molecule has 0 saturated carbocycles. The van der Waals surface area contributed by atoms with E-state index in [1.54, 1.807) is 4.57 Å². The van der Waals surface area contributed by atoms with Crippen LogP contribution in [0.2, 0.25) is 0 Å². The Morgan fingerprint density at radius 2 is 2.08 bits per heavy atom. The SMILES string of the molecule is CCNC(=O)C(C)Sc1nc2ccsc2c(=O)n1Cc1ccccc1. The zero-order valence-electron chi connectivity index (χ0n) is 14.1. The molecule has 5 nitrogen and oxygen atoms in total. The third kappa shape index (κ3) is 3.93. The van der Waals surface area contributed by atoms with Crippen molar-refractivity contribution in [3.05, 3.63) is 57.7 Å². The van der Waals surface area contributed by atoms with E-state index < -0.39 is 0 Å². The first-order valence-electron chi connectivity index (χ1n) is 8.06. The van der Waals surface area contributed by atoms with Crippen LogP contribution in [0.15, 0.2) is 51.7 Å². The summed E-state index contributed by atoms with van der Waals surface area (Å²) in [6.45, 7) is 4.73. The number of carbonyl (C=O) groups excluding carboxylic acids is 1. The predicted octanol–water partition coefficient (Wildman–Crippen LogP) is 3.12. The number of hydrogen-bond donors (Lipinski definition) is 1. The van der Waals surface area contributed by atoms with Crippen molar-refractivity contribution in [3.8, 4) is 0 Å². The Kier molecular flexibility index (Phi) is 5.55. The summed E-state index contributed by atoms with van der Waals surface area (Å²) in [5.74, 6) is -0.0570. The number of carbonyl (C=O) groups is 1. The molecule has 0 fully saturated rings. The maximum atomic E-state index is 12.9. The van der Waals surface area contributed by atoms with Gasteiger partial charge in [0.1, 0.15) is 4.70 Å². The highest BCUT2D eigenvalue weighted by molar-refractivity contribution is 8.00. The summed E-state index contributed by atoms with van der Waals surface area (Å²) < 4.78 is 2.31. The van der Waals surface area contributed by atoms with E-state index in [2.05, 4.69) is 10.3 Å². The molecule has 0 saturated heterocycles. The zero-order valence-corrected chi connectivity index (χ0v) is 15.7. The second-order valence-corrected chi connectivity index (χ2v) is 7.78. The van der Waals surface area contributed by atoms with Crippen LogP contribution in [0.1, 0.15) is 19.4 Å². The Labute approximate surface area is 154 Å². The van der Waals surface area contributed by atoms with Crippen LogP contribution in [0.5, 0.6) is 0 Å². The van der Waals surface area contributed by atoms with Crippen molar-refractivity contribution >= 4 is 39.2 Å². The third-order valence-electron chi connectivity index (χ3n) is 3.72. The number of amides is 1. The molecule has 2 aromatic heterocycles. The van der Waals surface area contributed by atoms with E-state index in [4.69, 9.17) is 0 Å². The van der Waals surface area contributed by atoms with Gasteiger partial charge in [-0.1, -0.05) is 42.1 Å². The van der Waals surface area contributed by atoms with Crippen LogP contribution in [-0.2, 0) is 11.3 Å². The Morgan fingerprint density at radius 3 is 2.80 bits per heavy atom. The summed E-state index contributed by atoms with van der Waals surface area (Å²) >= 11 is 2.71. The van der Waals surface area contributed by atoms with Gasteiger partial charge in [0.15, 0.2) is 5.16 Å². The molecule has 1 amide bonds. The van der Waals surface area contributed by atoms with Crippen molar-refractivity contribution in [2.75, 3.05) is 6.54 Å². The summed E-state index contributed by atoms with van der Waals surface area (Å²) in [6, 6.07) is 11.6. The molecular formula is C18H19N3O2S2. The molecule has 1 aromatic carbocycles. The summed E-state index contributed by atoms with van der Waals surface area (Å²) in [7, 11) is 0. The summed E-state index contributed by atoms with van der Waals surface area (Å²) in [5.41, 5.74) is 1.65. The van der Waals surface area contributed by atoms with Gasteiger partial charge < -0.3 is 5.32 Å². The molecule has 0 spiro atoms. The molecule has 0 radical (unpaired) electrons. The van der Waals surface area contributed by atoms with Crippen LogP contribution in [0, 0.1) is 0 Å². The second kappa shape index (κ2) is 7.84. The van der Waals surface area contributed by atoms with Gasteiger partial charge in [-0.2, -0.15) is 0 Å². The van der Waals surface area contributed by atoms with Crippen molar-refractivity contribution in [3.63, 3.8) is 0 Å². The molecule has 3 rings (SSSR count). The smallest absolute Gasteiger partial charge is 0.272 e. The van der Waals surface area contributed by atoms with Crippen molar-refractivity contribution in [2.45, 2.75) is 30.8 Å². The molecule has 7 heteroatoms. The average Bonchev–Trinajstić information content (AvgIpc) is 3.08. The fourth-order valence-corrected chi connectivity index (χ4v) is 4.16. The van der Waals surface area contributed by atoms with Gasteiger partial charge in [0.05, 0.1) is 17.3 Å². The molecule has 0 bridgehead atoms. The lowest BCUT2D eigenvalue weighted by atomic mass is 10.2. The van der Waals surface area contributed by atoms with Crippen LogP contribution in [0.4, 0.5) is 0 Å². The largest absolute Gasteiger partial charge is 0.355 e. The normalized spacial score (nSPS) is 12.2. The number of nitrogens with one attached hydrogen (secondary N) is 1. The fourth-order valence-electron chi connectivity index (χ4n) is 2.45. The monoisotopic (exact) mass is 373 g/mol. The zero-order chi connectivity index (χ0) is 17.8. The van der Waals surface area contributed by atoms with E-state index in [1.807, 2.05) is 55.6 Å². The topological polar surface area (TPSA) is 64.0 Å². The van der Waals surface area contributed by atoms with E-state index >= 15 is 0 Å². The Morgan fingerprint density at radius 1 is 1.32 bits per heavy atom. The highest BCUT2D eigenvalue weighted by Crippen LogP contribution is 2.25. The third-order valence-corrected chi connectivity index (χ3v) is 5.70. The molecule has 130 valence electrons. The van der Waals surface area contributed by atoms with Crippen molar-refractivity contribution in [1.29, 1.82) is 0 Å². The highest BCUT2D eigenvalue weighted by atomic mass is 32.2. The Balaban J connectivity index is 2.01. The van der Waals surface area contributed by atoms with Gasteiger partial charge in [0, 0.05) is 6.54 Å². The van der Waals surface area contributed by atoms with E-state index in [0.717, 1.165) is 5.56 Å². The highest BCUT2D eigenvalue weighted by Gasteiger charge is 2.19. The van der Waals surface area contributed by atoms with E-state index in [-0.39, 0.29) is 16.7 Å². The maximum Gasteiger partial charge on any atom is 0.272 e. The number of aromatic nitrogens is 2. The average molecular weight is 374 g/mol. The van der Waals surface area contributed by atoms with Gasteiger partial charge in [-0.3, -0.25) is 14.2 Å². The standard InChI is InChI=1S/C18H19N3O2S2/c1-3-19-16(22)12(2)25-18-20-14-9-10-24-15(14)17(23)21(18)11-13-7-5-4-6-8-13/h4-10,12H,3,11H2,1-2H3,(H,19,22). The fraction of sp³-hybridized carbons (Fsp3) is 0.278. The van der Waals surface area contributed by atoms with Gasteiger partial charge >= 0.3 is 0 Å². The molecule has 0 aliphatic rings. The van der Waals surface area contributed by atoms with E-state index in [0.29, 0.717) is 28.5 Å². The van der Waals surface area contributed by atoms with Crippen molar-refractivity contribution in [2.24, 2.45) is 0 Å². The number of hydrogen-bond acceptors (Lipinski definition) is 5. The van der Waals surface area contributed by atoms with Gasteiger partial charge in [0.25, 0.3) is 5.56 Å². The van der Waals surface area contributed by atoms with Crippen LogP contribution < -0.4 is 10.9 Å². The van der Waals surface area contributed by atoms with E-state index in [9.17, 15) is 9.59 Å². The minimum absolute atomic E-state index is 0.0570.